The van der Waals surface area contributed by atoms with E-state index in [2.05, 4.69) is 29.0 Å². The van der Waals surface area contributed by atoms with Crippen LogP contribution in [0.3, 0.4) is 0 Å². The number of amides is 1. The van der Waals surface area contributed by atoms with Gasteiger partial charge >= 0.3 is 0 Å². The molecule has 5 nitrogen and oxygen atoms in total. The summed E-state index contributed by atoms with van der Waals surface area (Å²) < 4.78 is 5.34. The SMILES string of the molecule is CCc1cc(C(=O)Nc2ccc(N3CCOCC3)nc2)sc1C. The van der Waals surface area contributed by atoms with Crippen molar-refractivity contribution in [1.82, 2.24) is 4.98 Å². The van der Waals surface area contributed by atoms with Gasteiger partial charge in [0.05, 0.1) is 30.0 Å². The number of carbonyl (C=O) groups excluding carboxylic acids is 1. The van der Waals surface area contributed by atoms with Crippen molar-refractivity contribution >= 4 is 28.7 Å². The normalized spacial score (nSPS) is 14.8. The number of morpholine rings is 1. The Balaban J connectivity index is 1.66. The lowest BCUT2D eigenvalue weighted by atomic mass is 10.2. The molecule has 1 aliphatic heterocycles. The third-order valence-corrected chi connectivity index (χ3v) is 5.06. The van der Waals surface area contributed by atoms with E-state index in [0.717, 1.165) is 49.1 Å². The van der Waals surface area contributed by atoms with Crippen molar-refractivity contribution < 1.29 is 9.53 Å². The maximum atomic E-state index is 12.3. The van der Waals surface area contributed by atoms with Crippen LogP contribution >= 0.6 is 11.3 Å². The van der Waals surface area contributed by atoms with E-state index in [-0.39, 0.29) is 5.91 Å². The summed E-state index contributed by atoms with van der Waals surface area (Å²) in [6.45, 7) is 7.33. The molecule has 0 radical (unpaired) electrons. The first kappa shape index (κ1) is 16.0. The molecule has 0 bridgehead atoms. The summed E-state index contributed by atoms with van der Waals surface area (Å²) in [5.41, 5.74) is 1.96. The number of carbonyl (C=O) groups is 1. The van der Waals surface area contributed by atoms with Gasteiger partial charge in [0.1, 0.15) is 5.82 Å². The molecule has 0 atom stereocenters. The van der Waals surface area contributed by atoms with Crippen LogP contribution in [-0.4, -0.2) is 37.2 Å². The lowest BCUT2D eigenvalue weighted by molar-refractivity contribution is 0.103. The van der Waals surface area contributed by atoms with Gasteiger partial charge in [-0.2, -0.15) is 0 Å². The van der Waals surface area contributed by atoms with Crippen molar-refractivity contribution in [2.75, 3.05) is 36.5 Å². The molecule has 1 saturated heterocycles. The van der Waals surface area contributed by atoms with E-state index in [9.17, 15) is 4.79 Å². The van der Waals surface area contributed by atoms with Gasteiger partial charge < -0.3 is 15.0 Å². The second-order valence-electron chi connectivity index (χ2n) is 5.50. The van der Waals surface area contributed by atoms with Gasteiger partial charge in [-0.15, -0.1) is 11.3 Å². The van der Waals surface area contributed by atoms with Crippen LogP contribution in [0.1, 0.15) is 27.0 Å². The summed E-state index contributed by atoms with van der Waals surface area (Å²) >= 11 is 1.54. The highest BCUT2D eigenvalue weighted by Crippen LogP contribution is 2.23. The van der Waals surface area contributed by atoms with E-state index >= 15 is 0 Å². The topological polar surface area (TPSA) is 54.5 Å². The van der Waals surface area contributed by atoms with E-state index in [0.29, 0.717) is 0 Å². The molecule has 2 aromatic heterocycles. The third kappa shape index (κ3) is 3.71. The number of nitrogens with one attached hydrogen (secondary N) is 1. The maximum Gasteiger partial charge on any atom is 0.265 e. The van der Waals surface area contributed by atoms with Gasteiger partial charge in [-0.05, 0) is 37.1 Å². The van der Waals surface area contributed by atoms with Crippen molar-refractivity contribution in [2.24, 2.45) is 0 Å². The molecular formula is C17H21N3O2S. The zero-order valence-corrected chi connectivity index (χ0v) is 14.3. The van der Waals surface area contributed by atoms with Crippen molar-refractivity contribution in [2.45, 2.75) is 20.3 Å². The Bertz CT molecular complexity index is 676. The predicted molar refractivity (Wildman–Crippen MR) is 93.7 cm³/mol. The van der Waals surface area contributed by atoms with Crippen LogP contribution < -0.4 is 10.2 Å². The zero-order chi connectivity index (χ0) is 16.2. The number of pyridine rings is 1. The Morgan fingerprint density at radius 2 is 2.17 bits per heavy atom. The number of aryl methyl sites for hydroxylation is 2. The molecule has 0 aromatic carbocycles. The first-order valence-electron chi connectivity index (χ1n) is 7.86. The highest BCUT2D eigenvalue weighted by molar-refractivity contribution is 7.14. The number of rotatable bonds is 4. The zero-order valence-electron chi connectivity index (χ0n) is 13.5. The smallest absolute Gasteiger partial charge is 0.265 e. The highest BCUT2D eigenvalue weighted by atomic mass is 32.1. The molecule has 0 spiro atoms. The van der Waals surface area contributed by atoms with Crippen LogP contribution in [0.15, 0.2) is 24.4 Å². The van der Waals surface area contributed by atoms with Crippen LogP contribution in [0.4, 0.5) is 11.5 Å². The molecule has 6 heteroatoms. The largest absolute Gasteiger partial charge is 0.378 e. The van der Waals surface area contributed by atoms with E-state index in [1.807, 2.05) is 18.2 Å². The predicted octanol–water partition coefficient (Wildman–Crippen LogP) is 3.10. The van der Waals surface area contributed by atoms with Gasteiger partial charge in [-0.1, -0.05) is 6.92 Å². The molecule has 3 heterocycles. The summed E-state index contributed by atoms with van der Waals surface area (Å²) in [5, 5.41) is 2.92. The fraction of sp³-hybridized carbons (Fsp3) is 0.412. The summed E-state index contributed by atoms with van der Waals surface area (Å²) in [4.78, 5) is 20.9. The van der Waals surface area contributed by atoms with Gasteiger partial charge in [0, 0.05) is 18.0 Å². The standard InChI is InChI=1S/C17H21N3O2S/c1-3-13-10-15(23-12(13)2)17(21)19-14-4-5-16(18-11-14)20-6-8-22-9-7-20/h4-5,10-11H,3,6-9H2,1-2H3,(H,19,21). The Labute approximate surface area is 140 Å². The fourth-order valence-corrected chi connectivity index (χ4v) is 3.62. The molecule has 0 unspecified atom stereocenters. The first-order valence-corrected chi connectivity index (χ1v) is 8.68. The van der Waals surface area contributed by atoms with Crippen LogP contribution in [0.25, 0.3) is 0 Å². The minimum absolute atomic E-state index is 0.0706. The molecule has 0 saturated carbocycles. The first-order chi connectivity index (χ1) is 11.2. The molecule has 23 heavy (non-hydrogen) atoms. The molecule has 0 aliphatic carbocycles. The van der Waals surface area contributed by atoms with Crippen LogP contribution in [0.5, 0.6) is 0 Å². The number of hydrogen-bond donors (Lipinski definition) is 1. The minimum atomic E-state index is -0.0706. The Kier molecular flexibility index (Phi) is 4.93. The van der Waals surface area contributed by atoms with Crippen molar-refractivity contribution in [3.63, 3.8) is 0 Å². The number of aromatic nitrogens is 1. The van der Waals surface area contributed by atoms with Gasteiger partial charge in [0.15, 0.2) is 0 Å². The van der Waals surface area contributed by atoms with Crippen LogP contribution in [-0.2, 0) is 11.2 Å². The third-order valence-electron chi connectivity index (χ3n) is 3.97. The van der Waals surface area contributed by atoms with E-state index in [1.165, 1.54) is 21.8 Å². The number of thiophene rings is 1. The van der Waals surface area contributed by atoms with Crippen LogP contribution in [0, 0.1) is 6.92 Å². The van der Waals surface area contributed by atoms with Crippen molar-refractivity contribution in [3.8, 4) is 0 Å². The maximum absolute atomic E-state index is 12.3. The molecule has 1 aliphatic rings. The van der Waals surface area contributed by atoms with E-state index < -0.39 is 0 Å². The summed E-state index contributed by atoms with van der Waals surface area (Å²) in [6, 6.07) is 5.82. The van der Waals surface area contributed by atoms with Crippen molar-refractivity contribution in [3.05, 3.63) is 39.7 Å². The Morgan fingerprint density at radius 3 is 2.78 bits per heavy atom. The number of ether oxygens (including phenoxy) is 1. The molecule has 1 N–H and O–H groups in total. The molecule has 3 rings (SSSR count). The highest BCUT2D eigenvalue weighted by Gasteiger charge is 2.14. The lowest BCUT2D eigenvalue weighted by Crippen LogP contribution is -2.36. The Hall–Kier alpha value is -1.92. The van der Waals surface area contributed by atoms with Gasteiger partial charge in [0.25, 0.3) is 5.91 Å². The number of nitrogens with zero attached hydrogens (tertiary/aromatic N) is 2. The molecule has 2 aromatic rings. The van der Waals surface area contributed by atoms with Gasteiger partial charge in [0.2, 0.25) is 0 Å². The molecular weight excluding hydrogens is 310 g/mol. The van der Waals surface area contributed by atoms with E-state index in [4.69, 9.17) is 4.74 Å². The van der Waals surface area contributed by atoms with Gasteiger partial charge in [-0.3, -0.25) is 4.79 Å². The minimum Gasteiger partial charge on any atom is -0.378 e. The van der Waals surface area contributed by atoms with Gasteiger partial charge in [-0.25, -0.2) is 4.98 Å². The Morgan fingerprint density at radius 1 is 1.39 bits per heavy atom. The molecule has 1 amide bonds. The lowest BCUT2D eigenvalue weighted by Gasteiger charge is -2.27. The second-order valence-corrected chi connectivity index (χ2v) is 6.76. The number of hydrogen-bond acceptors (Lipinski definition) is 5. The average molecular weight is 331 g/mol. The molecule has 122 valence electrons. The fourth-order valence-electron chi connectivity index (χ4n) is 2.61. The number of anilines is 2. The van der Waals surface area contributed by atoms with E-state index in [1.54, 1.807) is 6.20 Å². The molecule has 1 fully saturated rings. The second kappa shape index (κ2) is 7.10. The quantitative estimate of drug-likeness (QED) is 0.935. The summed E-state index contributed by atoms with van der Waals surface area (Å²) in [5.74, 6) is 0.852. The average Bonchev–Trinajstić information content (AvgIpc) is 2.97. The summed E-state index contributed by atoms with van der Waals surface area (Å²) in [7, 11) is 0. The summed E-state index contributed by atoms with van der Waals surface area (Å²) in [6.07, 6.45) is 2.66. The van der Waals surface area contributed by atoms with Crippen molar-refractivity contribution in [1.29, 1.82) is 0 Å². The van der Waals surface area contributed by atoms with Crippen LogP contribution in [0.2, 0.25) is 0 Å². The monoisotopic (exact) mass is 331 g/mol.